The van der Waals surface area contributed by atoms with Crippen LogP contribution in [0.2, 0.25) is 0 Å². The predicted molar refractivity (Wildman–Crippen MR) is 370 cm³/mol. The third kappa shape index (κ3) is 9.59. The first-order chi connectivity index (χ1) is 44.2. The van der Waals surface area contributed by atoms with E-state index in [4.69, 9.17) is 29.9 Å². The topological polar surface area (TPSA) is 87.2 Å². The van der Waals surface area contributed by atoms with Crippen molar-refractivity contribution < 1.29 is 0 Å². The Kier molecular flexibility index (Phi) is 13.2. The second kappa shape index (κ2) is 22.2. The summed E-state index contributed by atoms with van der Waals surface area (Å²) in [6, 6.07) is 99.1. The minimum atomic E-state index is 0.573. The third-order valence-electron chi connectivity index (χ3n) is 17.3. The Labute approximate surface area is 521 Å². The molecule has 4 heterocycles. The number of nitrogens with zero attached hydrogens (tertiary/aromatic N) is 8. The summed E-state index contributed by atoms with van der Waals surface area (Å²) in [4.78, 5) is 31.4. The average Bonchev–Trinajstić information content (AvgIpc) is 1.66. The van der Waals surface area contributed by atoms with Gasteiger partial charge in [0.05, 0.1) is 33.4 Å². The first-order valence-corrected chi connectivity index (χ1v) is 30.5. The number of fused-ring (bicyclic) bond motifs is 6. The van der Waals surface area contributed by atoms with Gasteiger partial charge >= 0.3 is 0 Å². The molecule has 8 nitrogen and oxygen atoms in total. The fraction of sp³-hybridized carbons (Fsp3) is 0.0488. The maximum absolute atomic E-state index is 5.30. The molecule has 0 aliphatic heterocycles. The summed E-state index contributed by atoms with van der Waals surface area (Å²) in [5, 5.41) is 4.81. The molecule has 12 aromatic carbocycles. The van der Waals surface area contributed by atoms with E-state index in [1.807, 2.05) is 72.8 Å². The van der Waals surface area contributed by atoms with Crippen molar-refractivity contribution in [1.29, 1.82) is 0 Å². The minimum absolute atomic E-state index is 0.573. The van der Waals surface area contributed by atoms with Crippen LogP contribution < -0.4 is 0 Å². The van der Waals surface area contributed by atoms with E-state index in [1.165, 1.54) is 43.8 Å². The van der Waals surface area contributed by atoms with Crippen molar-refractivity contribution in [3.05, 3.63) is 301 Å². The quantitative estimate of drug-likeness (QED) is 0.128. The molecule has 0 fully saturated rings. The van der Waals surface area contributed by atoms with Gasteiger partial charge in [-0.3, -0.25) is 0 Å². The van der Waals surface area contributed by atoms with E-state index in [1.54, 1.807) is 0 Å². The molecule has 16 rings (SSSR count). The fourth-order valence-corrected chi connectivity index (χ4v) is 13.0. The highest BCUT2D eigenvalue weighted by atomic mass is 15.0. The molecule has 4 aromatic heterocycles. The first-order valence-electron chi connectivity index (χ1n) is 30.5. The molecule has 0 aliphatic carbocycles. The van der Waals surface area contributed by atoms with E-state index in [0.29, 0.717) is 34.9 Å². The van der Waals surface area contributed by atoms with Crippen molar-refractivity contribution in [1.82, 2.24) is 39.0 Å². The second-order valence-corrected chi connectivity index (χ2v) is 23.4. The molecular formula is C82H58N8. The maximum atomic E-state index is 5.30. The zero-order chi connectivity index (χ0) is 60.4. The molecule has 8 heteroatoms. The summed E-state index contributed by atoms with van der Waals surface area (Å²) in [6.45, 7) is 8.69. The fourth-order valence-electron chi connectivity index (χ4n) is 13.0. The van der Waals surface area contributed by atoms with Gasteiger partial charge in [0.1, 0.15) is 0 Å². The van der Waals surface area contributed by atoms with Gasteiger partial charge in [-0.1, -0.05) is 216 Å². The molecule has 0 saturated heterocycles. The van der Waals surface area contributed by atoms with Crippen LogP contribution in [0.5, 0.6) is 0 Å². The zero-order valence-corrected chi connectivity index (χ0v) is 50.1. The number of hydrogen-bond donors (Lipinski definition) is 0. The van der Waals surface area contributed by atoms with E-state index < -0.39 is 0 Å². The molecule has 426 valence electrons. The highest BCUT2D eigenvalue weighted by molar-refractivity contribution is 6.12. The normalized spacial score (nSPS) is 11.6. The molecule has 0 saturated carbocycles. The standard InChI is InChI=1S/C82H58N8/c1-51-33-39-71-65(45-51)66-46-52(2)34-40-72(66)89(71)75-43-37-59(81-85-77(55-21-9-5-10-22-55)83-78(86-81)56-23-11-6-12-24-56)49-69(75)63-31-19-17-29-61(63)62-30-18-20-32-64(62)70-50-60(82-87-79(57-25-13-7-14-26-57)84-80(88-82)58-27-15-8-16-28-58)38-44-76(70)90-73-41-35-53(3)47-67(73)68-48-54(4)36-42-74(68)90/h5-50H,1-4H3. The summed E-state index contributed by atoms with van der Waals surface area (Å²) in [6.07, 6.45) is 0. The van der Waals surface area contributed by atoms with Gasteiger partial charge in [0, 0.05) is 66.1 Å². The van der Waals surface area contributed by atoms with Crippen molar-refractivity contribution in [3.63, 3.8) is 0 Å². The number of hydrogen-bond acceptors (Lipinski definition) is 6. The highest BCUT2D eigenvalue weighted by Gasteiger charge is 2.25. The number of rotatable bonds is 11. The minimum Gasteiger partial charge on any atom is -0.309 e. The third-order valence-corrected chi connectivity index (χ3v) is 17.3. The zero-order valence-electron chi connectivity index (χ0n) is 50.1. The van der Waals surface area contributed by atoms with Crippen LogP contribution in [0.4, 0.5) is 0 Å². The van der Waals surface area contributed by atoms with Gasteiger partial charge in [-0.05, 0) is 135 Å². The Bertz CT molecular complexity index is 4880. The highest BCUT2D eigenvalue weighted by Crippen LogP contribution is 2.47. The number of aryl methyl sites for hydroxylation is 4. The lowest BCUT2D eigenvalue weighted by molar-refractivity contribution is 1.07. The van der Waals surface area contributed by atoms with Gasteiger partial charge in [0.25, 0.3) is 0 Å². The van der Waals surface area contributed by atoms with Crippen molar-refractivity contribution in [2.45, 2.75) is 27.7 Å². The molecule has 0 aliphatic rings. The van der Waals surface area contributed by atoms with E-state index in [2.05, 4.69) is 243 Å². The summed E-state index contributed by atoms with van der Waals surface area (Å²) in [5.41, 5.74) is 22.9. The SMILES string of the molecule is Cc1ccc2c(c1)c1cc(C)ccc1n2-c1ccc(-c2nc(-c3ccccc3)nc(-c3ccccc3)n2)cc1-c1ccccc1-c1ccccc1-c1cc(-c2nc(-c3ccccc3)nc(-c3ccccc3)n2)ccc1-n1c2ccc(C)cc2c2cc(C)ccc21. The summed E-state index contributed by atoms with van der Waals surface area (Å²) in [5.74, 6) is 3.55. The smallest absolute Gasteiger partial charge is 0.164 e. The van der Waals surface area contributed by atoms with Crippen LogP contribution in [-0.2, 0) is 0 Å². The van der Waals surface area contributed by atoms with Crippen molar-refractivity contribution in [3.8, 4) is 113 Å². The van der Waals surface area contributed by atoms with Crippen LogP contribution in [0, 0.1) is 27.7 Å². The monoisotopic (exact) mass is 1150 g/mol. The van der Waals surface area contributed by atoms with Gasteiger partial charge in [-0.25, -0.2) is 29.9 Å². The molecule has 0 spiro atoms. The Balaban J connectivity index is 0.966. The van der Waals surface area contributed by atoms with Crippen LogP contribution in [0.25, 0.3) is 157 Å². The Hall–Kier alpha value is -11.7. The van der Waals surface area contributed by atoms with Gasteiger partial charge in [-0.15, -0.1) is 0 Å². The maximum Gasteiger partial charge on any atom is 0.164 e. The van der Waals surface area contributed by atoms with E-state index in [-0.39, 0.29) is 0 Å². The summed E-state index contributed by atoms with van der Waals surface area (Å²) in [7, 11) is 0. The van der Waals surface area contributed by atoms with Crippen molar-refractivity contribution in [2.75, 3.05) is 0 Å². The molecule has 0 atom stereocenters. The Morgan fingerprint density at radius 2 is 0.433 bits per heavy atom. The number of aromatic nitrogens is 8. The molecule has 0 radical (unpaired) electrons. The van der Waals surface area contributed by atoms with Crippen molar-refractivity contribution >= 4 is 43.6 Å². The largest absolute Gasteiger partial charge is 0.309 e. The van der Waals surface area contributed by atoms with Gasteiger partial charge in [0.15, 0.2) is 34.9 Å². The van der Waals surface area contributed by atoms with E-state index in [0.717, 1.165) is 100 Å². The summed E-state index contributed by atoms with van der Waals surface area (Å²) < 4.78 is 4.89. The van der Waals surface area contributed by atoms with Gasteiger partial charge in [0.2, 0.25) is 0 Å². The average molecular weight is 1160 g/mol. The number of benzene rings is 12. The van der Waals surface area contributed by atoms with Crippen molar-refractivity contribution in [2.24, 2.45) is 0 Å². The van der Waals surface area contributed by atoms with Crippen LogP contribution in [0.1, 0.15) is 22.3 Å². The lowest BCUT2D eigenvalue weighted by Gasteiger charge is -2.21. The second-order valence-electron chi connectivity index (χ2n) is 23.4. The van der Waals surface area contributed by atoms with Gasteiger partial charge < -0.3 is 9.13 Å². The molecule has 0 amide bonds. The van der Waals surface area contributed by atoms with E-state index in [9.17, 15) is 0 Å². The van der Waals surface area contributed by atoms with Crippen LogP contribution in [0.3, 0.4) is 0 Å². The molecule has 0 unspecified atom stereocenters. The molecular weight excluding hydrogens is 1100 g/mol. The van der Waals surface area contributed by atoms with Crippen LogP contribution in [0.15, 0.2) is 279 Å². The van der Waals surface area contributed by atoms with Crippen LogP contribution >= 0.6 is 0 Å². The molecule has 0 N–H and O–H groups in total. The molecule has 16 aromatic rings. The van der Waals surface area contributed by atoms with Gasteiger partial charge in [-0.2, -0.15) is 0 Å². The molecule has 0 bridgehead atoms. The Morgan fingerprint density at radius 1 is 0.200 bits per heavy atom. The first kappa shape index (κ1) is 53.7. The van der Waals surface area contributed by atoms with E-state index >= 15 is 0 Å². The lowest BCUT2D eigenvalue weighted by Crippen LogP contribution is -2.03. The molecule has 90 heavy (non-hydrogen) atoms. The van der Waals surface area contributed by atoms with Crippen LogP contribution in [-0.4, -0.2) is 39.0 Å². The Morgan fingerprint density at radius 3 is 0.700 bits per heavy atom. The predicted octanol–water partition coefficient (Wildman–Crippen LogP) is 20.5. The lowest BCUT2D eigenvalue weighted by atomic mass is 9.87. The summed E-state index contributed by atoms with van der Waals surface area (Å²) >= 11 is 0.